The summed E-state index contributed by atoms with van der Waals surface area (Å²) in [5.41, 5.74) is 10.8. The summed E-state index contributed by atoms with van der Waals surface area (Å²) in [6.45, 7) is 0. The maximum Gasteiger partial charge on any atom is 0.137 e. The molecule has 0 saturated carbocycles. The van der Waals surface area contributed by atoms with E-state index < -0.39 is 0 Å². The zero-order valence-electron chi connectivity index (χ0n) is 28.8. The van der Waals surface area contributed by atoms with E-state index >= 15 is 0 Å². The molecule has 2 heterocycles. The largest absolute Gasteiger partial charge is 0.456 e. The molecule has 0 aliphatic carbocycles. The molecule has 0 bridgehead atoms. The zero-order valence-corrected chi connectivity index (χ0v) is 28.8. The van der Waals surface area contributed by atoms with Crippen molar-refractivity contribution in [2.75, 3.05) is 4.90 Å². The van der Waals surface area contributed by atoms with Crippen LogP contribution in [0.25, 0.3) is 82.1 Å². The Labute approximate surface area is 306 Å². The number of hydrogen-bond acceptors (Lipinski definition) is 2. The minimum atomic E-state index is 0.864. The quantitative estimate of drug-likeness (QED) is 0.181. The third-order valence-electron chi connectivity index (χ3n) is 10.7. The molecule has 0 aliphatic heterocycles. The van der Waals surface area contributed by atoms with Gasteiger partial charge in [0.05, 0.1) is 11.0 Å². The summed E-state index contributed by atoms with van der Waals surface area (Å²) < 4.78 is 9.00. The third-order valence-corrected chi connectivity index (χ3v) is 10.7. The van der Waals surface area contributed by atoms with Gasteiger partial charge in [-0.1, -0.05) is 115 Å². The lowest BCUT2D eigenvalue weighted by Gasteiger charge is -2.27. The molecule has 2 aromatic heterocycles. The van der Waals surface area contributed by atoms with Gasteiger partial charge in [0, 0.05) is 50.4 Å². The van der Waals surface area contributed by atoms with Gasteiger partial charge in [-0.3, -0.25) is 0 Å². The van der Waals surface area contributed by atoms with Crippen LogP contribution in [-0.4, -0.2) is 4.57 Å². The normalized spacial score (nSPS) is 11.8. The van der Waals surface area contributed by atoms with Crippen molar-refractivity contribution in [3.05, 3.63) is 194 Å². The molecule has 0 saturated heterocycles. The standard InChI is InChI=1S/C50H32N2O/c1-3-13-33(14-4-1)44-31-40(27-36-17-9-10-20-41(36)44)51(39-23-25-43-46-28-34-15-7-8-16-35(34)29-49(46)53-50(43)32-39)38-24-26-48-45(30-38)42-21-11-12-22-47(42)52(48)37-18-5-2-6-19-37/h1-32H. The Morgan fingerprint density at radius 3 is 1.81 bits per heavy atom. The minimum absolute atomic E-state index is 0.864. The van der Waals surface area contributed by atoms with E-state index in [2.05, 4.69) is 204 Å². The molecule has 0 atom stereocenters. The summed E-state index contributed by atoms with van der Waals surface area (Å²) in [5, 5.41) is 9.46. The number of rotatable bonds is 5. The van der Waals surface area contributed by atoms with Crippen LogP contribution in [0, 0.1) is 0 Å². The molecule has 0 aliphatic rings. The first-order chi connectivity index (χ1) is 26.3. The van der Waals surface area contributed by atoms with E-state index in [4.69, 9.17) is 4.42 Å². The second-order valence-electron chi connectivity index (χ2n) is 13.8. The van der Waals surface area contributed by atoms with Gasteiger partial charge in [0.15, 0.2) is 0 Å². The number of benzene rings is 9. The number of anilines is 3. The Morgan fingerprint density at radius 2 is 0.981 bits per heavy atom. The van der Waals surface area contributed by atoms with Crippen molar-refractivity contribution < 1.29 is 4.42 Å². The topological polar surface area (TPSA) is 21.3 Å². The number of aromatic nitrogens is 1. The highest BCUT2D eigenvalue weighted by Gasteiger charge is 2.20. The average Bonchev–Trinajstić information content (AvgIpc) is 3.74. The molecule has 0 N–H and O–H groups in total. The van der Waals surface area contributed by atoms with E-state index in [-0.39, 0.29) is 0 Å². The maximum absolute atomic E-state index is 6.64. The van der Waals surface area contributed by atoms with Crippen molar-refractivity contribution in [2.45, 2.75) is 0 Å². The van der Waals surface area contributed by atoms with Crippen molar-refractivity contribution in [3.8, 4) is 16.8 Å². The summed E-state index contributed by atoms with van der Waals surface area (Å²) in [6.07, 6.45) is 0. The highest BCUT2D eigenvalue weighted by Crippen LogP contribution is 2.44. The Kier molecular flexibility index (Phi) is 6.55. The van der Waals surface area contributed by atoms with Crippen LogP contribution in [0.1, 0.15) is 0 Å². The summed E-state index contributed by atoms with van der Waals surface area (Å²) in [4.78, 5) is 2.38. The first-order valence-corrected chi connectivity index (χ1v) is 18.1. The summed E-state index contributed by atoms with van der Waals surface area (Å²) in [5.74, 6) is 0. The molecule has 11 rings (SSSR count). The van der Waals surface area contributed by atoms with Crippen LogP contribution >= 0.6 is 0 Å². The van der Waals surface area contributed by atoms with E-state index in [1.54, 1.807) is 0 Å². The van der Waals surface area contributed by atoms with E-state index in [0.29, 0.717) is 0 Å². The molecular formula is C50H32N2O. The van der Waals surface area contributed by atoms with Crippen LogP contribution in [0.4, 0.5) is 17.1 Å². The SMILES string of the molecule is c1ccc(-c2cc(N(c3ccc4c(c3)oc3cc5ccccc5cc34)c3ccc4c(c3)c3ccccc3n4-c3ccccc3)cc3ccccc23)cc1. The van der Waals surface area contributed by atoms with Crippen LogP contribution in [0.5, 0.6) is 0 Å². The zero-order chi connectivity index (χ0) is 34.9. The summed E-state index contributed by atoms with van der Waals surface area (Å²) in [7, 11) is 0. The van der Waals surface area contributed by atoms with Crippen molar-refractivity contribution in [1.29, 1.82) is 0 Å². The van der Waals surface area contributed by atoms with Crippen LogP contribution in [0.15, 0.2) is 199 Å². The Hall–Kier alpha value is -7.10. The molecule has 3 nitrogen and oxygen atoms in total. The van der Waals surface area contributed by atoms with Gasteiger partial charge >= 0.3 is 0 Å². The van der Waals surface area contributed by atoms with Crippen LogP contribution in [-0.2, 0) is 0 Å². The van der Waals surface area contributed by atoms with Crippen LogP contribution in [0.3, 0.4) is 0 Å². The van der Waals surface area contributed by atoms with Gasteiger partial charge in [-0.25, -0.2) is 0 Å². The van der Waals surface area contributed by atoms with Crippen LogP contribution < -0.4 is 4.90 Å². The van der Waals surface area contributed by atoms with Gasteiger partial charge < -0.3 is 13.9 Å². The molecule has 0 amide bonds. The number of furan rings is 1. The minimum Gasteiger partial charge on any atom is -0.456 e. The predicted molar refractivity (Wildman–Crippen MR) is 223 cm³/mol. The van der Waals surface area contributed by atoms with E-state index in [1.165, 1.54) is 54.5 Å². The van der Waals surface area contributed by atoms with E-state index in [9.17, 15) is 0 Å². The fourth-order valence-electron chi connectivity index (χ4n) is 8.27. The summed E-state index contributed by atoms with van der Waals surface area (Å²) >= 11 is 0. The average molecular weight is 677 g/mol. The second kappa shape index (κ2) is 11.7. The van der Waals surface area contributed by atoms with Gasteiger partial charge in [0.25, 0.3) is 0 Å². The van der Waals surface area contributed by atoms with Gasteiger partial charge in [0.2, 0.25) is 0 Å². The third kappa shape index (κ3) is 4.75. The molecule has 11 aromatic rings. The fraction of sp³-hybridized carbons (Fsp3) is 0. The van der Waals surface area contributed by atoms with Gasteiger partial charge in [-0.15, -0.1) is 0 Å². The molecule has 0 fully saturated rings. The molecule has 0 radical (unpaired) electrons. The molecule has 3 heteroatoms. The molecule has 9 aromatic carbocycles. The maximum atomic E-state index is 6.64. The van der Waals surface area contributed by atoms with Gasteiger partial charge in [-0.05, 0) is 105 Å². The molecule has 248 valence electrons. The lowest BCUT2D eigenvalue weighted by Crippen LogP contribution is -2.10. The summed E-state index contributed by atoms with van der Waals surface area (Å²) in [6, 6.07) is 69.8. The Bertz CT molecular complexity index is 3170. The van der Waals surface area contributed by atoms with Gasteiger partial charge in [0.1, 0.15) is 11.2 Å². The molecular weight excluding hydrogens is 645 g/mol. The van der Waals surface area contributed by atoms with Crippen molar-refractivity contribution >= 4 is 82.4 Å². The lowest BCUT2D eigenvalue weighted by atomic mass is 9.96. The first-order valence-electron chi connectivity index (χ1n) is 18.1. The Balaban J connectivity index is 1.18. The second-order valence-corrected chi connectivity index (χ2v) is 13.8. The Morgan fingerprint density at radius 1 is 0.358 bits per heavy atom. The lowest BCUT2D eigenvalue weighted by molar-refractivity contribution is 0.669. The van der Waals surface area contributed by atoms with Crippen LogP contribution in [0.2, 0.25) is 0 Å². The molecule has 0 unspecified atom stereocenters. The predicted octanol–water partition coefficient (Wildman–Crippen LogP) is 14.1. The number of fused-ring (bicyclic) bond motifs is 8. The molecule has 0 spiro atoms. The first kappa shape index (κ1) is 29.6. The van der Waals surface area contributed by atoms with E-state index in [0.717, 1.165) is 44.7 Å². The molecule has 53 heavy (non-hydrogen) atoms. The highest BCUT2D eigenvalue weighted by atomic mass is 16.3. The number of nitrogens with zero attached hydrogens (tertiary/aromatic N) is 2. The van der Waals surface area contributed by atoms with Crippen molar-refractivity contribution in [1.82, 2.24) is 4.57 Å². The monoisotopic (exact) mass is 676 g/mol. The van der Waals surface area contributed by atoms with Crippen molar-refractivity contribution in [2.24, 2.45) is 0 Å². The number of hydrogen-bond donors (Lipinski definition) is 0. The smallest absolute Gasteiger partial charge is 0.137 e. The number of para-hydroxylation sites is 2. The van der Waals surface area contributed by atoms with Gasteiger partial charge in [-0.2, -0.15) is 0 Å². The fourth-order valence-corrected chi connectivity index (χ4v) is 8.27. The van der Waals surface area contributed by atoms with Crippen molar-refractivity contribution in [3.63, 3.8) is 0 Å². The van der Waals surface area contributed by atoms with E-state index in [1.807, 2.05) is 0 Å². The highest BCUT2D eigenvalue weighted by molar-refractivity contribution is 6.13.